The van der Waals surface area contributed by atoms with Crippen molar-refractivity contribution in [3.05, 3.63) is 34.4 Å². The van der Waals surface area contributed by atoms with Gasteiger partial charge in [0.1, 0.15) is 0 Å². The van der Waals surface area contributed by atoms with Gasteiger partial charge in [-0.25, -0.2) is 14.3 Å². The number of nitrogens with zero attached hydrogens (tertiary/aromatic N) is 3. The zero-order chi connectivity index (χ0) is 19.8. The van der Waals surface area contributed by atoms with Crippen molar-refractivity contribution in [2.75, 3.05) is 26.2 Å². The van der Waals surface area contributed by atoms with Crippen LogP contribution in [0.3, 0.4) is 0 Å². The lowest BCUT2D eigenvalue weighted by Crippen LogP contribution is -2.63. The fourth-order valence-electron chi connectivity index (χ4n) is 4.69. The molecule has 2 fully saturated rings. The summed E-state index contributed by atoms with van der Waals surface area (Å²) in [5, 5.41) is 9.54. The number of nitrogens with one attached hydrogen (secondary N) is 2. The molecule has 1 saturated carbocycles. The summed E-state index contributed by atoms with van der Waals surface area (Å²) in [7, 11) is 0. The molecule has 1 aliphatic heterocycles. The van der Waals surface area contributed by atoms with Gasteiger partial charge in [0, 0.05) is 31.4 Å². The number of morpholine rings is 1. The van der Waals surface area contributed by atoms with E-state index in [0.717, 1.165) is 32.5 Å². The lowest BCUT2D eigenvalue weighted by Gasteiger charge is -2.51. The third-order valence-corrected chi connectivity index (χ3v) is 6.15. The highest BCUT2D eigenvalue weighted by atomic mass is 16.5. The molecule has 0 aromatic carbocycles. The second kappa shape index (κ2) is 7.33. The summed E-state index contributed by atoms with van der Waals surface area (Å²) in [5.74, 6) is -0.193. The Morgan fingerprint density at radius 1 is 1.32 bits per heavy atom. The number of ether oxygens (including phenoxy) is 1. The van der Waals surface area contributed by atoms with E-state index in [1.54, 1.807) is 18.3 Å². The number of amides is 1. The molecular weight excluding hydrogens is 358 g/mol. The summed E-state index contributed by atoms with van der Waals surface area (Å²) in [6.45, 7) is 7.33. The van der Waals surface area contributed by atoms with Crippen molar-refractivity contribution in [3.63, 3.8) is 0 Å². The van der Waals surface area contributed by atoms with Crippen LogP contribution in [0.15, 0.2) is 23.1 Å². The van der Waals surface area contributed by atoms with Gasteiger partial charge in [-0.1, -0.05) is 19.3 Å². The normalized spacial score (nSPS) is 22.2. The summed E-state index contributed by atoms with van der Waals surface area (Å²) in [6, 6.07) is 3.40. The molecule has 0 spiro atoms. The largest absolute Gasteiger partial charge is 0.373 e. The third kappa shape index (κ3) is 3.58. The van der Waals surface area contributed by atoms with Gasteiger partial charge in [-0.3, -0.25) is 9.69 Å². The number of carbonyl (C=O) groups is 1. The standard InChI is InChI=1S/C20H29N5O3/c1-19(2)14-24(11-12-28-19)20(8-4-3-5-9-20)13-21-17(26)15-7-6-10-25-16(15)22-23-18(25)27/h6-7,10H,3-5,8-9,11-14H2,1-2H3,(H,21,26)(H,23,27). The quantitative estimate of drug-likeness (QED) is 0.831. The Hall–Kier alpha value is -2.19. The van der Waals surface area contributed by atoms with E-state index in [1.165, 1.54) is 23.7 Å². The molecule has 1 amide bonds. The second-order valence-electron chi connectivity index (χ2n) is 8.64. The highest BCUT2D eigenvalue weighted by molar-refractivity contribution is 5.99. The van der Waals surface area contributed by atoms with Gasteiger partial charge in [0.05, 0.1) is 17.8 Å². The number of aromatic amines is 1. The summed E-state index contributed by atoms with van der Waals surface area (Å²) in [6.07, 6.45) is 7.37. The van der Waals surface area contributed by atoms with Crippen LogP contribution in [0.1, 0.15) is 56.3 Å². The molecule has 2 N–H and O–H groups in total. The predicted molar refractivity (Wildman–Crippen MR) is 106 cm³/mol. The Kier molecular flexibility index (Phi) is 5.01. The van der Waals surface area contributed by atoms with Crippen LogP contribution in [0.4, 0.5) is 0 Å². The molecule has 4 rings (SSSR count). The predicted octanol–water partition coefficient (Wildman–Crippen LogP) is 1.57. The van der Waals surface area contributed by atoms with Gasteiger partial charge in [0.25, 0.3) is 5.91 Å². The maximum atomic E-state index is 12.9. The molecule has 1 saturated heterocycles. The number of fused-ring (bicyclic) bond motifs is 1. The van der Waals surface area contributed by atoms with E-state index in [4.69, 9.17) is 4.74 Å². The molecule has 1 aliphatic carbocycles. The molecule has 0 bridgehead atoms. The van der Waals surface area contributed by atoms with Crippen molar-refractivity contribution in [1.29, 1.82) is 0 Å². The average molecular weight is 387 g/mol. The van der Waals surface area contributed by atoms with Crippen LogP contribution in [-0.4, -0.2) is 62.8 Å². The second-order valence-corrected chi connectivity index (χ2v) is 8.64. The summed E-state index contributed by atoms with van der Waals surface area (Å²) in [4.78, 5) is 27.2. The minimum atomic E-state index is -0.344. The summed E-state index contributed by atoms with van der Waals surface area (Å²) >= 11 is 0. The highest BCUT2D eigenvalue weighted by Crippen LogP contribution is 2.36. The number of H-pyrrole nitrogens is 1. The number of aromatic nitrogens is 3. The topological polar surface area (TPSA) is 91.7 Å². The average Bonchev–Trinajstić information content (AvgIpc) is 3.07. The van der Waals surface area contributed by atoms with Crippen molar-refractivity contribution in [3.8, 4) is 0 Å². The zero-order valence-electron chi connectivity index (χ0n) is 16.7. The lowest BCUT2D eigenvalue weighted by molar-refractivity contribution is -0.122. The van der Waals surface area contributed by atoms with Crippen LogP contribution in [0, 0.1) is 0 Å². The Morgan fingerprint density at radius 2 is 2.11 bits per heavy atom. The molecule has 0 atom stereocenters. The molecule has 0 unspecified atom stereocenters. The number of hydrogen-bond acceptors (Lipinski definition) is 5. The van der Waals surface area contributed by atoms with Gasteiger partial charge >= 0.3 is 5.69 Å². The molecule has 2 aliphatic rings. The molecular formula is C20H29N5O3. The lowest BCUT2D eigenvalue weighted by atomic mass is 9.79. The van der Waals surface area contributed by atoms with Crippen LogP contribution in [0.2, 0.25) is 0 Å². The molecule has 8 heteroatoms. The van der Waals surface area contributed by atoms with Crippen molar-refractivity contribution < 1.29 is 9.53 Å². The molecule has 152 valence electrons. The number of carbonyl (C=O) groups excluding carboxylic acids is 1. The van der Waals surface area contributed by atoms with Crippen LogP contribution in [0.5, 0.6) is 0 Å². The maximum absolute atomic E-state index is 12.9. The van der Waals surface area contributed by atoms with Crippen LogP contribution in [0.25, 0.3) is 5.65 Å². The number of rotatable bonds is 4. The Labute approximate surface area is 164 Å². The number of hydrogen-bond donors (Lipinski definition) is 2. The monoisotopic (exact) mass is 387 g/mol. The molecule has 2 aromatic heterocycles. The zero-order valence-corrected chi connectivity index (χ0v) is 16.7. The summed E-state index contributed by atoms with van der Waals surface area (Å²) in [5.41, 5.74) is 0.216. The SMILES string of the molecule is CC1(C)CN(C2(CNC(=O)c3cccn4c(=O)[nH]nc34)CCCCC2)CCO1. The molecule has 8 nitrogen and oxygen atoms in total. The first kappa shape index (κ1) is 19.1. The van der Waals surface area contributed by atoms with Crippen molar-refractivity contribution in [1.82, 2.24) is 24.8 Å². The first-order valence-electron chi connectivity index (χ1n) is 10.1. The Bertz CT molecular complexity index is 910. The van der Waals surface area contributed by atoms with E-state index in [1.807, 2.05) is 0 Å². The van der Waals surface area contributed by atoms with Gasteiger partial charge in [-0.15, -0.1) is 0 Å². The molecule has 3 heterocycles. The van der Waals surface area contributed by atoms with Gasteiger partial charge < -0.3 is 10.1 Å². The minimum absolute atomic E-state index is 0.0364. The first-order valence-corrected chi connectivity index (χ1v) is 10.1. The van der Waals surface area contributed by atoms with Crippen molar-refractivity contribution >= 4 is 11.6 Å². The maximum Gasteiger partial charge on any atom is 0.347 e. The molecule has 2 aromatic rings. The van der Waals surface area contributed by atoms with Gasteiger partial charge in [0.2, 0.25) is 0 Å². The van der Waals surface area contributed by atoms with Crippen LogP contribution >= 0.6 is 0 Å². The van der Waals surface area contributed by atoms with E-state index < -0.39 is 0 Å². The van der Waals surface area contributed by atoms with Gasteiger partial charge in [0.15, 0.2) is 5.65 Å². The van der Waals surface area contributed by atoms with E-state index in [0.29, 0.717) is 17.8 Å². The van der Waals surface area contributed by atoms with E-state index in [9.17, 15) is 9.59 Å². The van der Waals surface area contributed by atoms with E-state index >= 15 is 0 Å². The Morgan fingerprint density at radius 3 is 2.86 bits per heavy atom. The Balaban J connectivity index is 1.54. The first-order chi connectivity index (χ1) is 13.4. The van der Waals surface area contributed by atoms with Gasteiger partial charge in [-0.05, 0) is 38.8 Å². The van der Waals surface area contributed by atoms with Crippen molar-refractivity contribution in [2.24, 2.45) is 0 Å². The summed E-state index contributed by atoms with van der Waals surface area (Å²) < 4.78 is 7.26. The fraction of sp³-hybridized carbons (Fsp3) is 0.650. The van der Waals surface area contributed by atoms with Crippen LogP contribution in [-0.2, 0) is 4.74 Å². The van der Waals surface area contributed by atoms with Crippen LogP contribution < -0.4 is 11.0 Å². The van der Waals surface area contributed by atoms with E-state index in [-0.39, 0.29) is 22.7 Å². The third-order valence-electron chi connectivity index (χ3n) is 6.15. The fourth-order valence-corrected chi connectivity index (χ4v) is 4.69. The highest BCUT2D eigenvalue weighted by Gasteiger charge is 2.42. The minimum Gasteiger partial charge on any atom is -0.373 e. The van der Waals surface area contributed by atoms with E-state index in [2.05, 4.69) is 34.3 Å². The van der Waals surface area contributed by atoms with Crippen molar-refractivity contribution in [2.45, 2.75) is 57.1 Å². The number of pyridine rings is 1. The smallest absolute Gasteiger partial charge is 0.347 e. The van der Waals surface area contributed by atoms with Gasteiger partial charge in [-0.2, -0.15) is 5.10 Å². The molecule has 28 heavy (non-hydrogen) atoms. The molecule has 0 radical (unpaired) electrons.